The van der Waals surface area contributed by atoms with Gasteiger partial charge in [0.05, 0.1) is 18.5 Å². The van der Waals surface area contributed by atoms with Crippen molar-refractivity contribution in [2.45, 2.75) is 0 Å². The van der Waals surface area contributed by atoms with Crippen molar-refractivity contribution in [2.24, 2.45) is 0 Å². The molecule has 0 radical (unpaired) electrons. The van der Waals surface area contributed by atoms with Gasteiger partial charge >= 0.3 is 5.69 Å². The lowest BCUT2D eigenvalue weighted by Gasteiger charge is -2.05. The van der Waals surface area contributed by atoms with E-state index in [0.717, 1.165) is 11.1 Å². The van der Waals surface area contributed by atoms with Gasteiger partial charge in [0, 0.05) is 17.8 Å². The third-order valence-corrected chi connectivity index (χ3v) is 4.75. The van der Waals surface area contributed by atoms with Gasteiger partial charge < -0.3 is 4.74 Å². The largest absolute Gasteiger partial charge is 0.497 e. The van der Waals surface area contributed by atoms with E-state index in [1.165, 1.54) is 15.2 Å². The lowest BCUT2D eigenvalue weighted by atomic mass is 10.1. The predicted octanol–water partition coefficient (Wildman–Crippen LogP) is 4.67. The fourth-order valence-corrected chi connectivity index (χ4v) is 3.20. The summed E-state index contributed by atoms with van der Waals surface area (Å²) in [5, 5.41) is 0. The van der Waals surface area contributed by atoms with E-state index < -0.39 is 11.6 Å². The summed E-state index contributed by atoms with van der Waals surface area (Å²) >= 11 is 0. The molecule has 0 N–H and O–H groups in total. The van der Waals surface area contributed by atoms with Crippen molar-refractivity contribution in [3.8, 4) is 22.7 Å². The predicted molar refractivity (Wildman–Crippen MR) is 118 cm³/mol. The first-order valence-electron chi connectivity index (χ1n) is 9.49. The second-order valence-corrected chi connectivity index (χ2v) is 6.65. The zero-order valence-electron chi connectivity index (χ0n) is 16.4. The molecule has 3 aromatic carbocycles. The maximum atomic E-state index is 13.2. The number of rotatable bonds is 5. The highest BCUT2D eigenvalue weighted by Crippen LogP contribution is 2.23. The van der Waals surface area contributed by atoms with E-state index in [0.29, 0.717) is 17.1 Å². The van der Waals surface area contributed by atoms with Gasteiger partial charge in [-0.05, 0) is 48.0 Å². The standard InChI is InChI=1S/C25H20N2O3/c1-30-22-15-13-20(14-16-22)23-18-26(21-10-6-3-7-11-21)25(29)27(23)24(28)17-12-19-8-4-2-5-9-19/h2-18H,1H3/b17-12+. The smallest absolute Gasteiger partial charge is 0.340 e. The summed E-state index contributed by atoms with van der Waals surface area (Å²) in [6, 6.07) is 26.0. The highest BCUT2D eigenvalue weighted by atomic mass is 16.5. The molecule has 5 nitrogen and oxygen atoms in total. The maximum absolute atomic E-state index is 13.2. The number of aromatic nitrogens is 2. The number of methoxy groups -OCH3 is 1. The molecule has 4 aromatic rings. The van der Waals surface area contributed by atoms with Gasteiger partial charge in [0.2, 0.25) is 0 Å². The Morgan fingerprint density at radius 2 is 1.50 bits per heavy atom. The molecule has 30 heavy (non-hydrogen) atoms. The first-order valence-corrected chi connectivity index (χ1v) is 9.49. The van der Waals surface area contributed by atoms with Crippen molar-refractivity contribution < 1.29 is 9.53 Å². The number of nitrogens with zero attached hydrogens (tertiary/aromatic N) is 2. The van der Waals surface area contributed by atoms with Crippen LogP contribution in [0.15, 0.2) is 102 Å². The summed E-state index contributed by atoms with van der Waals surface area (Å²) in [5.74, 6) is 0.287. The van der Waals surface area contributed by atoms with Crippen molar-refractivity contribution >= 4 is 12.0 Å². The Morgan fingerprint density at radius 3 is 2.13 bits per heavy atom. The highest BCUT2D eigenvalue weighted by molar-refractivity contribution is 5.96. The van der Waals surface area contributed by atoms with E-state index in [9.17, 15) is 9.59 Å². The average molecular weight is 396 g/mol. The van der Waals surface area contributed by atoms with Crippen molar-refractivity contribution in [1.29, 1.82) is 0 Å². The summed E-state index contributed by atoms with van der Waals surface area (Å²) in [6.07, 6.45) is 4.80. The van der Waals surface area contributed by atoms with Gasteiger partial charge in [0.1, 0.15) is 5.75 Å². The normalized spacial score (nSPS) is 11.0. The minimum absolute atomic E-state index is 0.413. The number of carbonyl (C=O) groups excluding carboxylic acids is 1. The lowest BCUT2D eigenvalue weighted by molar-refractivity contribution is 0.0967. The van der Waals surface area contributed by atoms with E-state index in [4.69, 9.17) is 4.74 Å². The monoisotopic (exact) mass is 396 g/mol. The number of para-hydroxylation sites is 1. The molecule has 0 aliphatic carbocycles. The molecule has 4 rings (SSSR count). The van der Waals surface area contributed by atoms with E-state index in [1.807, 2.05) is 72.8 Å². The molecule has 0 atom stereocenters. The van der Waals surface area contributed by atoms with E-state index in [1.54, 1.807) is 31.5 Å². The first kappa shape index (κ1) is 19.2. The number of hydrogen-bond donors (Lipinski definition) is 0. The molecule has 0 bridgehead atoms. The number of allylic oxidation sites excluding steroid dienone is 1. The fourth-order valence-electron chi connectivity index (χ4n) is 3.20. The molecular formula is C25H20N2O3. The Kier molecular flexibility index (Phi) is 5.44. The van der Waals surface area contributed by atoms with Gasteiger partial charge in [-0.2, -0.15) is 0 Å². The van der Waals surface area contributed by atoms with Crippen LogP contribution in [0.5, 0.6) is 5.75 Å². The number of imidazole rings is 1. The van der Waals surface area contributed by atoms with Crippen LogP contribution in [0.1, 0.15) is 10.4 Å². The molecule has 148 valence electrons. The number of hydrogen-bond acceptors (Lipinski definition) is 3. The zero-order chi connectivity index (χ0) is 20.9. The van der Waals surface area contributed by atoms with Crippen molar-refractivity contribution in [3.05, 3.63) is 113 Å². The summed E-state index contributed by atoms with van der Waals surface area (Å²) in [6.45, 7) is 0. The van der Waals surface area contributed by atoms with Crippen LogP contribution in [-0.2, 0) is 0 Å². The second-order valence-electron chi connectivity index (χ2n) is 6.65. The molecule has 0 saturated heterocycles. The van der Waals surface area contributed by atoms with Crippen molar-refractivity contribution in [3.63, 3.8) is 0 Å². The van der Waals surface area contributed by atoms with E-state index in [-0.39, 0.29) is 0 Å². The highest BCUT2D eigenvalue weighted by Gasteiger charge is 2.18. The molecule has 0 fully saturated rings. The Labute approximate surface area is 174 Å². The van der Waals surface area contributed by atoms with Gasteiger partial charge in [-0.3, -0.25) is 9.36 Å². The molecule has 1 aromatic heterocycles. The Morgan fingerprint density at radius 1 is 0.867 bits per heavy atom. The Hall–Kier alpha value is -4.12. The van der Waals surface area contributed by atoms with Crippen LogP contribution in [-0.4, -0.2) is 22.2 Å². The number of benzene rings is 3. The van der Waals surface area contributed by atoms with Gasteiger partial charge in [0.25, 0.3) is 5.91 Å². The molecule has 0 unspecified atom stereocenters. The third kappa shape index (κ3) is 3.86. The van der Waals surface area contributed by atoms with Crippen molar-refractivity contribution in [2.75, 3.05) is 7.11 Å². The number of ether oxygens (including phenoxy) is 1. The quantitative estimate of drug-likeness (QED) is 0.461. The summed E-state index contributed by atoms with van der Waals surface area (Å²) in [4.78, 5) is 26.2. The maximum Gasteiger partial charge on any atom is 0.340 e. The van der Waals surface area contributed by atoms with E-state index in [2.05, 4.69) is 0 Å². The first-order chi connectivity index (χ1) is 14.7. The van der Waals surface area contributed by atoms with Crippen LogP contribution in [0, 0.1) is 0 Å². The van der Waals surface area contributed by atoms with Crippen LogP contribution in [0.2, 0.25) is 0 Å². The van der Waals surface area contributed by atoms with Crippen LogP contribution < -0.4 is 10.4 Å². The lowest BCUT2D eigenvalue weighted by Crippen LogP contribution is -2.27. The SMILES string of the molecule is COc1ccc(-c2cn(-c3ccccc3)c(=O)n2C(=O)/C=C/c2ccccc2)cc1. The van der Waals surface area contributed by atoms with Crippen molar-refractivity contribution in [1.82, 2.24) is 9.13 Å². The van der Waals surface area contributed by atoms with Gasteiger partial charge in [-0.25, -0.2) is 9.36 Å². The number of carbonyl (C=O) groups is 1. The van der Waals surface area contributed by atoms with Gasteiger partial charge in [-0.15, -0.1) is 0 Å². The average Bonchev–Trinajstić information content (AvgIpc) is 3.16. The summed E-state index contributed by atoms with van der Waals surface area (Å²) in [7, 11) is 1.59. The Balaban J connectivity index is 1.82. The minimum atomic E-state index is -0.422. The zero-order valence-corrected chi connectivity index (χ0v) is 16.4. The van der Waals surface area contributed by atoms with Crippen LogP contribution in [0.25, 0.3) is 23.0 Å². The molecule has 0 amide bonds. The third-order valence-electron chi connectivity index (χ3n) is 4.75. The molecule has 0 spiro atoms. The van der Waals surface area contributed by atoms with Gasteiger partial charge in [0.15, 0.2) is 0 Å². The van der Waals surface area contributed by atoms with Crippen LogP contribution in [0.4, 0.5) is 0 Å². The fraction of sp³-hybridized carbons (Fsp3) is 0.0400. The molecular weight excluding hydrogens is 376 g/mol. The topological polar surface area (TPSA) is 53.2 Å². The molecule has 5 heteroatoms. The van der Waals surface area contributed by atoms with E-state index >= 15 is 0 Å². The van der Waals surface area contributed by atoms with Gasteiger partial charge in [-0.1, -0.05) is 48.5 Å². The molecule has 1 heterocycles. The van der Waals surface area contributed by atoms with Crippen LogP contribution in [0.3, 0.4) is 0 Å². The Bertz CT molecular complexity index is 1240. The molecule has 0 aliphatic rings. The van der Waals surface area contributed by atoms with Crippen LogP contribution >= 0.6 is 0 Å². The summed E-state index contributed by atoms with van der Waals surface area (Å²) < 4.78 is 7.89. The molecule has 0 saturated carbocycles. The molecule has 0 aliphatic heterocycles. The minimum Gasteiger partial charge on any atom is -0.497 e. The second kappa shape index (κ2) is 8.49. The summed E-state index contributed by atoms with van der Waals surface area (Å²) in [5.41, 5.74) is 2.40.